The Labute approximate surface area is 148 Å². The Morgan fingerprint density at radius 1 is 1.24 bits per heavy atom. The predicted octanol–water partition coefficient (Wildman–Crippen LogP) is 3.07. The summed E-state index contributed by atoms with van der Waals surface area (Å²) in [5.74, 6) is 2.57. The maximum Gasteiger partial charge on any atom is 0.232 e. The lowest BCUT2D eigenvalue weighted by atomic mass is 9.82. The number of methoxy groups -OCH3 is 1. The topological polar surface area (TPSA) is 68.5 Å². The fourth-order valence-electron chi connectivity index (χ4n) is 3.35. The summed E-state index contributed by atoms with van der Waals surface area (Å²) in [5.41, 5.74) is 0.427. The Morgan fingerprint density at radius 2 is 1.88 bits per heavy atom. The monoisotopic (exact) mass is 343 g/mol. The van der Waals surface area contributed by atoms with Crippen LogP contribution in [0.2, 0.25) is 0 Å². The molecule has 0 radical (unpaired) electrons. The fraction of sp³-hybridized carbons (Fsp3) is 0.526. The van der Waals surface area contributed by atoms with Crippen LogP contribution in [0.4, 0.5) is 0 Å². The molecule has 134 valence electrons. The van der Waals surface area contributed by atoms with Crippen LogP contribution in [0.3, 0.4) is 0 Å². The highest BCUT2D eigenvalue weighted by Crippen LogP contribution is 2.31. The van der Waals surface area contributed by atoms with Gasteiger partial charge < -0.3 is 14.2 Å². The Hall–Kier alpha value is -2.37. The molecule has 1 aliphatic rings. The minimum absolute atomic E-state index is 0.153. The number of carbonyl (C=O) groups is 1. The molecule has 0 atom stereocenters. The summed E-state index contributed by atoms with van der Waals surface area (Å²) >= 11 is 0. The Bertz CT molecular complexity index is 729. The zero-order valence-corrected chi connectivity index (χ0v) is 15.3. The second kappa shape index (κ2) is 6.86. The van der Waals surface area contributed by atoms with E-state index in [4.69, 9.17) is 9.26 Å². The van der Waals surface area contributed by atoms with Crippen molar-refractivity contribution in [2.24, 2.45) is 0 Å². The van der Waals surface area contributed by atoms with Gasteiger partial charge >= 0.3 is 0 Å². The first kappa shape index (κ1) is 17.5. The lowest BCUT2D eigenvalue weighted by Crippen LogP contribution is -2.46. The number of piperidine rings is 1. The van der Waals surface area contributed by atoms with E-state index in [2.05, 4.69) is 10.1 Å². The van der Waals surface area contributed by atoms with E-state index in [1.54, 1.807) is 14.0 Å². The number of benzene rings is 1. The quantitative estimate of drug-likeness (QED) is 0.853. The van der Waals surface area contributed by atoms with Gasteiger partial charge in [-0.25, -0.2) is 0 Å². The summed E-state index contributed by atoms with van der Waals surface area (Å²) < 4.78 is 10.3. The standard InChI is InChI=1S/C19H25N3O3/c1-13-20-17(21-25-13)14-9-11-22(12-10-14)18(23)19(2,3)15-5-7-16(24-4)8-6-15/h5-8,14H,9-12H2,1-4H3. The van der Waals surface area contributed by atoms with Crippen molar-refractivity contribution >= 4 is 5.91 Å². The van der Waals surface area contributed by atoms with Gasteiger partial charge in [-0.05, 0) is 44.4 Å². The zero-order valence-electron chi connectivity index (χ0n) is 15.3. The first-order valence-electron chi connectivity index (χ1n) is 8.66. The van der Waals surface area contributed by atoms with Crippen LogP contribution in [0.5, 0.6) is 5.75 Å². The molecule has 0 N–H and O–H groups in total. The summed E-state index contributed by atoms with van der Waals surface area (Å²) in [4.78, 5) is 19.3. The van der Waals surface area contributed by atoms with Gasteiger partial charge in [0, 0.05) is 25.9 Å². The van der Waals surface area contributed by atoms with Gasteiger partial charge in [0.15, 0.2) is 5.82 Å². The molecule has 0 aliphatic carbocycles. The maximum atomic E-state index is 13.1. The number of ether oxygens (including phenoxy) is 1. The summed E-state index contributed by atoms with van der Waals surface area (Å²) in [6.45, 7) is 7.19. The van der Waals surface area contributed by atoms with E-state index in [1.807, 2.05) is 43.0 Å². The molecule has 0 bridgehead atoms. The normalized spacial score (nSPS) is 16.1. The van der Waals surface area contributed by atoms with Crippen molar-refractivity contribution in [1.82, 2.24) is 15.0 Å². The molecule has 1 saturated heterocycles. The lowest BCUT2D eigenvalue weighted by molar-refractivity contribution is -0.137. The van der Waals surface area contributed by atoms with Crippen LogP contribution in [-0.4, -0.2) is 41.1 Å². The molecule has 1 amide bonds. The molecule has 1 aliphatic heterocycles. The van der Waals surface area contributed by atoms with Crippen molar-refractivity contribution in [2.75, 3.05) is 20.2 Å². The van der Waals surface area contributed by atoms with E-state index in [0.29, 0.717) is 5.89 Å². The minimum Gasteiger partial charge on any atom is -0.497 e. The third kappa shape index (κ3) is 3.52. The van der Waals surface area contributed by atoms with Gasteiger partial charge in [0.1, 0.15) is 5.75 Å². The highest BCUT2D eigenvalue weighted by Gasteiger charge is 2.36. The summed E-state index contributed by atoms with van der Waals surface area (Å²) in [6.07, 6.45) is 1.73. The third-order valence-corrected chi connectivity index (χ3v) is 5.04. The molecule has 6 nitrogen and oxygen atoms in total. The Morgan fingerprint density at radius 3 is 2.40 bits per heavy atom. The predicted molar refractivity (Wildman–Crippen MR) is 93.6 cm³/mol. The van der Waals surface area contributed by atoms with Crippen molar-refractivity contribution in [1.29, 1.82) is 0 Å². The molecule has 3 rings (SSSR count). The molecule has 0 spiro atoms. The van der Waals surface area contributed by atoms with Gasteiger partial charge in [-0.15, -0.1) is 0 Å². The largest absolute Gasteiger partial charge is 0.497 e. The average Bonchev–Trinajstić information content (AvgIpc) is 3.07. The van der Waals surface area contributed by atoms with Gasteiger partial charge in [0.2, 0.25) is 11.8 Å². The summed E-state index contributed by atoms with van der Waals surface area (Å²) in [5, 5.41) is 4.02. The summed E-state index contributed by atoms with van der Waals surface area (Å²) in [6, 6.07) is 7.72. The number of carbonyl (C=O) groups excluding carboxylic acids is 1. The molecule has 6 heteroatoms. The van der Waals surface area contributed by atoms with Crippen molar-refractivity contribution in [3.8, 4) is 5.75 Å². The number of likely N-dealkylation sites (tertiary alicyclic amines) is 1. The highest BCUT2D eigenvalue weighted by atomic mass is 16.5. The molecule has 2 aromatic rings. The second-order valence-corrected chi connectivity index (χ2v) is 7.09. The van der Waals surface area contributed by atoms with E-state index >= 15 is 0 Å². The summed E-state index contributed by atoms with van der Waals surface area (Å²) in [7, 11) is 1.64. The van der Waals surface area contributed by atoms with E-state index < -0.39 is 5.41 Å². The van der Waals surface area contributed by atoms with Crippen LogP contribution in [0.25, 0.3) is 0 Å². The third-order valence-electron chi connectivity index (χ3n) is 5.04. The smallest absolute Gasteiger partial charge is 0.232 e. The molecule has 1 aromatic carbocycles. The van der Waals surface area contributed by atoms with Crippen LogP contribution in [-0.2, 0) is 10.2 Å². The second-order valence-electron chi connectivity index (χ2n) is 7.09. The zero-order chi connectivity index (χ0) is 18.0. The van der Waals surface area contributed by atoms with Gasteiger partial charge in [-0.2, -0.15) is 4.98 Å². The van der Waals surface area contributed by atoms with E-state index in [9.17, 15) is 4.79 Å². The van der Waals surface area contributed by atoms with Crippen molar-refractivity contribution < 1.29 is 14.1 Å². The molecule has 1 fully saturated rings. The fourth-order valence-corrected chi connectivity index (χ4v) is 3.35. The number of amides is 1. The van der Waals surface area contributed by atoms with E-state index in [1.165, 1.54) is 0 Å². The van der Waals surface area contributed by atoms with Crippen LogP contribution in [0.15, 0.2) is 28.8 Å². The number of rotatable bonds is 4. The molecular weight excluding hydrogens is 318 g/mol. The van der Waals surface area contributed by atoms with Crippen molar-refractivity contribution in [3.05, 3.63) is 41.5 Å². The maximum absolute atomic E-state index is 13.1. The van der Waals surface area contributed by atoms with Crippen molar-refractivity contribution in [2.45, 2.75) is 44.9 Å². The van der Waals surface area contributed by atoms with Gasteiger partial charge in [-0.1, -0.05) is 17.3 Å². The van der Waals surface area contributed by atoms with Crippen molar-refractivity contribution in [3.63, 3.8) is 0 Å². The van der Waals surface area contributed by atoms with Crippen LogP contribution < -0.4 is 4.74 Å². The molecular formula is C19H25N3O3. The van der Waals surface area contributed by atoms with Gasteiger partial charge in [-0.3, -0.25) is 4.79 Å². The van der Waals surface area contributed by atoms with E-state index in [-0.39, 0.29) is 11.8 Å². The highest BCUT2D eigenvalue weighted by molar-refractivity contribution is 5.87. The number of hydrogen-bond donors (Lipinski definition) is 0. The first-order chi connectivity index (χ1) is 11.9. The SMILES string of the molecule is COc1ccc(C(C)(C)C(=O)N2CCC(c3noc(C)n3)CC2)cc1. The van der Waals surface area contributed by atoms with E-state index in [0.717, 1.165) is 43.1 Å². The van der Waals surface area contributed by atoms with Gasteiger partial charge in [0.25, 0.3) is 0 Å². The molecule has 25 heavy (non-hydrogen) atoms. The number of nitrogens with zero attached hydrogens (tertiary/aromatic N) is 3. The number of hydrogen-bond acceptors (Lipinski definition) is 5. The minimum atomic E-state index is -0.568. The number of aromatic nitrogens is 2. The molecule has 0 unspecified atom stereocenters. The van der Waals surface area contributed by atoms with Crippen LogP contribution in [0, 0.1) is 6.92 Å². The Balaban J connectivity index is 1.66. The number of aryl methyl sites for hydroxylation is 1. The first-order valence-corrected chi connectivity index (χ1v) is 8.66. The average molecular weight is 343 g/mol. The van der Waals surface area contributed by atoms with Crippen LogP contribution in [0.1, 0.15) is 49.9 Å². The molecule has 2 heterocycles. The Kier molecular flexibility index (Phi) is 4.79. The molecule has 1 aromatic heterocycles. The lowest BCUT2D eigenvalue weighted by Gasteiger charge is -2.36. The van der Waals surface area contributed by atoms with Crippen LogP contribution >= 0.6 is 0 Å². The molecule has 0 saturated carbocycles. The van der Waals surface area contributed by atoms with Gasteiger partial charge in [0.05, 0.1) is 12.5 Å².